The molecule has 3 heterocycles. The first-order valence-corrected chi connectivity index (χ1v) is 13.8. The van der Waals surface area contributed by atoms with E-state index in [1.807, 2.05) is 30.2 Å². The second-order valence-electron chi connectivity index (χ2n) is 11.0. The summed E-state index contributed by atoms with van der Waals surface area (Å²) in [6, 6.07) is 6.01. The topological polar surface area (TPSA) is 78.4 Å². The van der Waals surface area contributed by atoms with Crippen molar-refractivity contribution in [3.05, 3.63) is 40.7 Å². The highest BCUT2D eigenvalue weighted by Gasteiger charge is 2.54. The molecule has 1 aliphatic heterocycles. The zero-order valence-corrected chi connectivity index (χ0v) is 21.5. The molecule has 0 aromatic carbocycles. The van der Waals surface area contributed by atoms with E-state index in [4.69, 9.17) is 4.98 Å². The number of hydrogen-bond donors (Lipinski definition) is 2. The van der Waals surface area contributed by atoms with Crippen LogP contribution in [0.3, 0.4) is 0 Å². The minimum Gasteiger partial charge on any atom is -0.392 e. The molecule has 34 heavy (non-hydrogen) atoms. The van der Waals surface area contributed by atoms with Gasteiger partial charge >= 0.3 is 0 Å². The molecular formula is C27H38N4O2S. The fourth-order valence-electron chi connectivity index (χ4n) is 6.87. The van der Waals surface area contributed by atoms with Crippen LogP contribution >= 0.6 is 11.3 Å². The monoisotopic (exact) mass is 482 g/mol. The number of carbonyl (C=O) groups excluding carboxylic acids is 1. The van der Waals surface area contributed by atoms with Crippen molar-refractivity contribution in [1.82, 2.24) is 14.9 Å². The molecule has 6 atom stereocenters. The molecule has 2 aromatic heterocycles. The predicted molar refractivity (Wildman–Crippen MR) is 136 cm³/mol. The van der Waals surface area contributed by atoms with E-state index in [2.05, 4.69) is 30.2 Å². The number of thiazole rings is 1. The van der Waals surface area contributed by atoms with Gasteiger partial charge in [0.1, 0.15) is 0 Å². The van der Waals surface area contributed by atoms with E-state index in [1.165, 1.54) is 4.88 Å². The molecule has 0 unspecified atom stereocenters. The van der Waals surface area contributed by atoms with Gasteiger partial charge in [-0.25, -0.2) is 4.98 Å². The summed E-state index contributed by atoms with van der Waals surface area (Å²) in [5.74, 6) is 0.469. The Morgan fingerprint density at radius 2 is 2.15 bits per heavy atom. The van der Waals surface area contributed by atoms with Crippen LogP contribution in [0.25, 0.3) is 0 Å². The maximum Gasteiger partial charge on any atom is 0.225 e. The molecule has 6 nitrogen and oxygen atoms in total. The Morgan fingerprint density at radius 1 is 1.35 bits per heavy atom. The molecule has 1 amide bonds. The average molecular weight is 483 g/mol. The van der Waals surface area contributed by atoms with Gasteiger partial charge in [0, 0.05) is 54.7 Å². The Hall–Kier alpha value is -1.99. The van der Waals surface area contributed by atoms with Crippen LogP contribution < -0.4 is 5.32 Å². The summed E-state index contributed by atoms with van der Waals surface area (Å²) in [4.78, 5) is 25.9. The minimum absolute atomic E-state index is 0.0322. The lowest BCUT2D eigenvalue weighted by Gasteiger charge is -2.53. The van der Waals surface area contributed by atoms with Crippen molar-refractivity contribution < 1.29 is 9.90 Å². The van der Waals surface area contributed by atoms with Gasteiger partial charge in [0.05, 0.1) is 11.8 Å². The van der Waals surface area contributed by atoms with Gasteiger partial charge in [0.15, 0.2) is 5.13 Å². The molecule has 1 saturated carbocycles. The molecule has 0 radical (unpaired) electrons. The fourth-order valence-corrected chi connectivity index (χ4v) is 8.16. The van der Waals surface area contributed by atoms with Crippen LogP contribution in [-0.4, -0.2) is 51.6 Å². The minimum atomic E-state index is -0.467. The van der Waals surface area contributed by atoms with Gasteiger partial charge < -0.3 is 15.3 Å². The number of anilines is 1. The van der Waals surface area contributed by atoms with Gasteiger partial charge in [0.2, 0.25) is 5.91 Å². The number of rotatable bonds is 6. The number of amides is 1. The zero-order valence-electron chi connectivity index (χ0n) is 20.7. The molecule has 184 valence electrons. The maximum absolute atomic E-state index is 13.1. The lowest BCUT2D eigenvalue weighted by Crippen LogP contribution is -2.53. The maximum atomic E-state index is 13.1. The first kappa shape index (κ1) is 23.7. The number of pyridine rings is 1. The molecule has 2 N–H and O–H groups in total. The van der Waals surface area contributed by atoms with E-state index in [9.17, 15) is 9.90 Å². The van der Waals surface area contributed by atoms with E-state index < -0.39 is 6.10 Å². The van der Waals surface area contributed by atoms with Crippen molar-refractivity contribution in [2.45, 2.75) is 71.3 Å². The van der Waals surface area contributed by atoms with Crippen molar-refractivity contribution >= 4 is 22.4 Å². The quantitative estimate of drug-likeness (QED) is 0.634. The second-order valence-corrected chi connectivity index (χ2v) is 12.1. The van der Waals surface area contributed by atoms with Crippen LogP contribution in [-0.2, 0) is 17.6 Å². The van der Waals surface area contributed by atoms with Crippen LogP contribution in [0.1, 0.15) is 68.6 Å². The smallest absolute Gasteiger partial charge is 0.225 e. The first-order chi connectivity index (χ1) is 16.4. The summed E-state index contributed by atoms with van der Waals surface area (Å²) in [7, 11) is 0. The first-order valence-electron chi connectivity index (χ1n) is 13.0. The lowest BCUT2D eigenvalue weighted by atomic mass is 9.53. The molecular weight excluding hydrogens is 444 g/mol. The number of likely N-dealkylation sites (tertiary alicyclic amines) is 1. The van der Waals surface area contributed by atoms with E-state index >= 15 is 0 Å². The fraction of sp³-hybridized carbons (Fsp3) is 0.667. The third-order valence-corrected chi connectivity index (χ3v) is 9.78. The number of nitrogens with one attached hydrogen (secondary N) is 1. The number of fused-ring (bicyclic) bond motifs is 2. The van der Waals surface area contributed by atoms with Crippen LogP contribution in [0.5, 0.6) is 0 Å². The Bertz CT molecular complexity index is 1010. The zero-order chi connectivity index (χ0) is 23.9. The van der Waals surface area contributed by atoms with Crippen LogP contribution in [0.15, 0.2) is 24.4 Å². The molecule has 2 fully saturated rings. The van der Waals surface area contributed by atoms with Crippen LogP contribution in [0.2, 0.25) is 0 Å². The summed E-state index contributed by atoms with van der Waals surface area (Å²) in [5, 5.41) is 16.1. The second kappa shape index (κ2) is 9.57. The number of aliphatic hydroxyl groups excluding tert-OH is 1. The molecule has 2 aliphatic carbocycles. The predicted octanol–water partition coefficient (Wildman–Crippen LogP) is 4.50. The Kier molecular flexibility index (Phi) is 6.68. The SMILES string of the molecule is C[C@H](C(=O)N1CCCC1)[C@H]1CC[C@]2(C)Cc3sc(NCCc4ccccn4)nc3[C@H](C)[C@@H]2[C@H]1O. The van der Waals surface area contributed by atoms with Gasteiger partial charge in [-0.05, 0) is 61.5 Å². The van der Waals surface area contributed by atoms with Crippen molar-refractivity contribution in [2.24, 2.45) is 23.2 Å². The van der Waals surface area contributed by atoms with Gasteiger partial charge in [-0.2, -0.15) is 0 Å². The van der Waals surface area contributed by atoms with E-state index in [0.717, 1.165) is 74.7 Å². The Morgan fingerprint density at radius 3 is 2.88 bits per heavy atom. The third kappa shape index (κ3) is 4.37. The number of hydrogen-bond acceptors (Lipinski definition) is 6. The summed E-state index contributed by atoms with van der Waals surface area (Å²) < 4.78 is 0. The summed E-state index contributed by atoms with van der Waals surface area (Å²) in [6.07, 6.45) is 7.39. The van der Waals surface area contributed by atoms with Gasteiger partial charge in [-0.3, -0.25) is 9.78 Å². The van der Waals surface area contributed by atoms with Crippen molar-refractivity contribution in [3.8, 4) is 0 Å². The molecule has 7 heteroatoms. The third-order valence-electron chi connectivity index (χ3n) is 8.76. The molecule has 5 rings (SSSR count). The largest absolute Gasteiger partial charge is 0.392 e. The molecule has 2 aromatic rings. The Balaban J connectivity index is 1.29. The highest BCUT2D eigenvalue weighted by atomic mass is 32.1. The molecule has 1 saturated heterocycles. The van der Waals surface area contributed by atoms with E-state index in [-0.39, 0.29) is 35.0 Å². The average Bonchev–Trinajstić information content (AvgIpc) is 3.49. The number of carbonyl (C=O) groups is 1. The molecule has 0 spiro atoms. The van der Waals surface area contributed by atoms with E-state index in [0.29, 0.717) is 0 Å². The number of aliphatic hydroxyl groups is 1. The van der Waals surface area contributed by atoms with Crippen molar-refractivity contribution in [3.63, 3.8) is 0 Å². The molecule has 3 aliphatic rings. The van der Waals surface area contributed by atoms with Gasteiger partial charge in [-0.15, -0.1) is 11.3 Å². The van der Waals surface area contributed by atoms with Gasteiger partial charge in [0.25, 0.3) is 0 Å². The van der Waals surface area contributed by atoms with Crippen molar-refractivity contribution in [1.29, 1.82) is 0 Å². The normalized spacial score (nSPS) is 31.6. The summed E-state index contributed by atoms with van der Waals surface area (Å²) in [5.41, 5.74) is 2.28. The Labute approximate surface area is 207 Å². The highest BCUT2D eigenvalue weighted by molar-refractivity contribution is 7.15. The standard InChI is InChI=1S/C27H38N4O2S/c1-17(25(33)31-14-6-7-15-31)20-9-11-27(3)16-21-23(18(2)22(27)24(20)32)30-26(34-21)29-13-10-19-8-4-5-12-28-19/h4-5,8,12,17-18,20,22,24,32H,6-7,9-11,13-16H2,1-3H3,(H,29,30)/t17-,18+,20+,22+,24-,27+/m0/s1. The lowest BCUT2D eigenvalue weighted by molar-refractivity contribution is -0.143. The summed E-state index contributed by atoms with van der Waals surface area (Å²) >= 11 is 1.77. The van der Waals surface area contributed by atoms with Gasteiger partial charge in [-0.1, -0.05) is 26.8 Å². The molecule has 0 bridgehead atoms. The number of nitrogens with zero attached hydrogens (tertiary/aromatic N) is 3. The van der Waals surface area contributed by atoms with Crippen LogP contribution in [0, 0.1) is 23.2 Å². The summed E-state index contributed by atoms with van der Waals surface area (Å²) in [6.45, 7) is 9.18. The van der Waals surface area contributed by atoms with E-state index in [1.54, 1.807) is 11.3 Å². The number of aromatic nitrogens is 2. The van der Waals surface area contributed by atoms with Crippen LogP contribution in [0.4, 0.5) is 5.13 Å². The van der Waals surface area contributed by atoms with Crippen molar-refractivity contribution in [2.75, 3.05) is 25.0 Å². The highest BCUT2D eigenvalue weighted by Crippen LogP contribution is 2.57.